The van der Waals surface area contributed by atoms with Gasteiger partial charge in [-0.25, -0.2) is 0 Å². The van der Waals surface area contributed by atoms with Crippen LogP contribution in [0.1, 0.15) is 6.42 Å². The van der Waals surface area contributed by atoms with E-state index in [1.807, 2.05) is 0 Å². The van der Waals surface area contributed by atoms with Gasteiger partial charge in [0.15, 0.2) is 0 Å². The Balaban J connectivity index is 1.61. The lowest BCUT2D eigenvalue weighted by Crippen LogP contribution is -2.47. The Labute approximate surface area is 108 Å². The third kappa shape index (κ3) is 4.53. The summed E-state index contributed by atoms with van der Waals surface area (Å²) in [5, 5.41) is 6.14. The Morgan fingerprint density at radius 2 is 2.22 bits per heavy atom. The first kappa shape index (κ1) is 13.7. The molecule has 6 nitrogen and oxygen atoms in total. The van der Waals surface area contributed by atoms with E-state index in [-0.39, 0.29) is 18.1 Å². The molecule has 0 aromatic carbocycles. The van der Waals surface area contributed by atoms with Gasteiger partial charge in [0.1, 0.15) is 0 Å². The van der Waals surface area contributed by atoms with E-state index in [9.17, 15) is 4.79 Å². The van der Waals surface area contributed by atoms with E-state index >= 15 is 0 Å². The van der Waals surface area contributed by atoms with Crippen LogP contribution in [0.5, 0.6) is 0 Å². The average molecular weight is 257 g/mol. The van der Waals surface area contributed by atoms with Crippen LogP contribution in [-0.2, 0) is 14.3 Å². The largest absolute Gasteiger partial charge is 0.375 e. The van der Waals surface area contributed by atoms with E-state index in [4.69, 9.17) is 9.47 Å². The molecule has 2 rings (SSSR count). The van der Waals surface area contributed by atoms with Crippen molar-refractivity contribution in [1.82, 2.24) is 15.5 Å². The first-order chi connectivity index (χ1) is 8.74. The molecule has 104 valence electrons. The van der Waals surface area contributed by atoms with Crippen LogP contribution in [0.3, 0.4) is 0 Å². The molecule has 1 amide bonds. The van der Waals surface area contributed by atoms with Crippen LogP contribution < -0.4 is 10.6 Å². The molecule has 6 heteroatoms. The number of ether oxygens (including phenoxy) is 2. The first-order valence-corrected chi connectivity index (χ1v) is 6.63. The van der Waals surface area contributed by atoms with Crippen molar-refractivity contribution in [2.45, 2.75) is 18.6 Å². The van der Waals surface area contributed by atoms with Crippen molar-refractivity contribution in [2.75, 3.05) is 53.0 Å². The molecule has 2 aliphatic rings. The van der Waals surface area contributed by atoms with Crippen molar-refractivity contribution in [2.24, 2.45) is 0 Å². The maximum Gasteiger partial charge on any atom is 0.222 e. The van der Waals surface area contributed by atoms with Gasteiger partial charge in [-0.15, -0.1) is 0 Å². The van der Waals surface area contributed by atoms with E-state index < -0.39 is 0 Å². The fraction of sp³-hybridized carbons (Fsp3) is 0.917. The van der Waals surface area contributed by atoms with Crippen LogP contribution in [0.15, 0.2) is 0 Å². The van der Waals surface area contributed by atoms with Gasteiger partial charge in [0.25, 0.3) is 0 Å². The molecular weight excluding hydrogens is 234 g/mol. The maximum atomic E-state index is 11.7. The van der Waals surface area contributed by atoms with Crippen LogP contribution in [-0.4, -0.2) is 76.0 Å². The van der Waals surface area contributed by atoms with Gasteiger partial charge in [0.05, 0.1) is 31.8 Å². The number of hydrogen-bond acceptors (Lipinski definition) is 5. The molecule has 18 heavy (non-hydrogen) atoms. The SMILES string of the molecule is CN1CCOC(CNC(=O)CC2CNCCO2)C1. The average Bonchev–Trinajstić information content (AvgIpc) is 2.38. The second-order valence-electron chi connectivity index (χ2n) is 4.96. The van der Waals surface area contributed by atoms with Gasteiger partial charge in [-0.3, -0.25) is 4.79 Å². The summed E-state index contributed by atoms with van der Waals surface area (Å²) >= 11 is 0. The predicted molar refractivity (Wildman–Crippen MR) is 67.5 cm³/mol. The molecular formula is C12H23N3O3. The summed E-state index contributed by atoms with van der Waals surface area (Å²) in [6.07, 6.45) is 0.544. The highest BCUT2D eigenvalue weighted by molar-refractivity contribution is 5.76. The minimum absolute atomic E-state index is 0.00805. The lowest BCUT2D eigenvalue weighted by atomic mass is 10.2. The number of rotatable bonds is 4. The topological polar surface area (TPSA) is 62.8 Å². The van der Waals surface area contributed by atoms with E-state index in [2.05, 4.69) is 22.6 Å². The van der Waals surface area contributed by atoms with Gasteiger partial charge in [-0.1, -0.05) is 0 Å². The minimum Gasteiger partial charge on any atom is -0.375 e. The van der Waals surface area contributed by atoms with Crippen LogP contribution >= 0.6 is 0 Å². The Hall–Kier alpha value is -0.690. The summed E-state index contributed by atoms with van der Waals surface area (Å²) in [4.78, 5) is 14.0. The molecule has 0 bridgehead atoms. The predicted octanol–water partition coefficient (Wildman–Crippen LogP) is -1.19. The molecule has 2 saturated heterocycles. The summed E-state index contributed by atoms with van der Waals surface area (Å²) in [5.41, 5.74) is 0. The van der Waals surface area contributed by atoms with Crippen molar-refractivity contribution in [3.05, 3.63) is 0 Å². The number of nitrogens with zero attached hydrogens (tertiary/aromatic N) is 1. The Kier molecular flexibility index (Phi) is 5.37. The van der Waals surface area contributed by atoms with Crippen molar-refractivity contribution in [3.63, 3.8) is 0 Å². The highest BCUT2D eigenvalue weighted by Gasteiger charge is 2.20. The molecule has 0 radical (unpaired) electrons. The molecule has 0 spiro atoms. The van der Waals surface area contributed by atoms with Gasteiger partial charge in [-0.2, -0.15) is 0 Å². The zero-order valence-electron chi connectivity index (χ0n) is 11.0. The van der Waals surface area contributed by atoms with Crippen molar-refractivity contribution < 1.29 is 14.3 Å². The first-order valence-electron chi connectivity index (χ1n) is 6.63. The van der Waals surface area contributed by atoms with Gasteiger partial charge in [0, 0.05) is 32.7 Å². The van der Waals surface area contributed by atoms with Gasteiger partial charge in [-0.05, 0) is 7.05 Å². The standard InChI is InChI=1S/C12H23N3O3/c1-15-3-5-18-11(9-15)8-14-12(16)6-10-7-13-2-4-17-10/h10-11,13H,2-9H2,1H3,(H,14,16). The number of carbonyl (C=O) groups excluding carboxylic acids is 1. The lowest BCUT2D eigenvalue weighted by molar-refractivity contribution is -0.125. The smallest absolute Gasteiger partial charge is 0.222 e. The summed E-state index contributed by atoms with van der Waals surface area (Å²) < 4.78 is 11.1. The molecule has 2 N–H and O–H groups in total. The van der Waals surface area contributed by atoms with Crippen LogP contribution in [0.4, 0.5) is 0 Å². The quantitative estimate of drug-likeness (QED) is 0.663. The lowest BCUT2D eigenvalue weighted by Gasteiger charge is -2.30. The zero-order valence-corrected chi connectivity index (χ0v) is 11.0. The Bertz CT molecular complexity index is 269. The minimum atomic E-state index is 0.00805. The van der Waals surface area contributed by atoms with E-state index in [0.29, 0.717) is 19.6 Å². The molecule has 2 fully saturated rings. The van der Waals surface area contributed by atoms with Crippen LogP contribution in [0.25, 0.3) is 0 Å². The molecule has 2 unspecified atom stereocenters. The molecule has 0 aliphatic carbocycles. The second kappa shape index (κ2) is 7.04. The third-order valence-electron chi connectivity index (χ3n) is 3.29. The third-order valence-corrected chi connectivity index (χ3v) is 3.29. The van der Waals surface area contributed by atoms with Crippen LogP contribution in [0, 0.1) is 0 Å². The monoisotopic (exact) mass is 257 g/mol. The van der Waals surface area contributed by atoms with Gasteiger partial charge < -0.3 is 25.0 Å². The van der Waals surface area contributed by atoms with Gasteiger partial charge >= 0.3 is 0 Å². The highest BCUT2D eigenvalue weighted by Crippen LogP contribution is 2.03. The molecule has 2 heterocycles. The van der Waals surface area contributed by atoms with Crippen LogP contribution in [0.2, 0.25) is 0 Å². The summed E-state index contributed by atoms with van der Waals surface area (Å²) in [6, 6.07) is 0. The number of amides is 1. The highest BCUT2D eigenvalue weighted by atomic mass is 16.5. The van der Waals surface area contributed by atoms with Gasteiger partial charge in [0.2, 0.25) is 5.91 Å². The van der Waals surface area contributed by atoms with Crippen molar-refractivity contribution in [3.8, 4) is 0 Å². The Morgan fingerprint density at radius 1 is 1.39 bits per heavy atom. The van der Waals surface area contributed by atoms with Crippen molar-refractivity contribution in [1.29, 1.82) is 0 Å². The number of morpholine rings is 2. The number of nitrogens with one attached hydrogen (secondary N) is 2. The van der Waals surface area contributed by atoms with E-state index in [0.717, 1.165) is 32.8 Å². The summed E-state index contributed by atoms with van der Waals surface area (Å²) in [6.45, 7) is 5.49. The Morgan fingerprint density at radius 3 is 2.94 bits per heavy atom. The molecule has 2 atom stereocenters. The molecule has 0 aromatic heterocycles. The fourth-order valence-electron chi connectivity index (χ4n) is 2.25. The van der Waals surface area contributed by atoms with Crippen molar-refractivity contribution >= 4 is 5.91 Å². The number of carbonyl (C=O) groups is 1. The summed E-state index contributed by atoms with van der Waals surface area (Å²) in [5.74, 6) is 0.0422. The molecule has 0 saturated carbocycles. The second-order valence-corrected chi connectivity index (χ2v) is 4.96. The number of hydrogen-bond donors (Lipinski definition) is 2. The van der Waals surface area contributed by atoms with E-state index in [1.165, 1.54) is 0 Å². The normalized spacial score (nSPS) is 30.1. The molecule has 0 aromatic rings. The maximum absolute atomic E-state index is 11.7. The zero-order chi connectivity index (χ0) is 12.8. The molecule has 2 aliphatic heterocycles. The number of likely N-dealkylation sites (N-methyl/N-ethyl adjacent to an activating group) is 1. The van der Waals surface area contributed by atoms with E-state index in [1.54, 1.807) is 0 Å². The fourth-order valence-corrected chi connectivity index (χ4v) is 2.25. The summed E-state index contributed by atoms with van der Waals surface area (Å²) in [7, 11) is 2.07.